The summed E-state index contributed by atoms with van der Waals surface area (Å²) in [5.74, 6) is 0.803. The van der Waals surface area contributed by atoms with Crippen molar-refractivity contribution in [2.45, 2.75) is 31.3 Å². The minimum atomic E-state index is -0.00756. The molecule has 0 bridgehead atoms. The maximum absolute atomic E-state index is 5.59. The molecule has 1 unspecified atom stereocenters. The fourth-order valence-corrected chi connectivity index (χ4v) is 3.16. The zero-order valence-corrected chi connectivity index (χ0v) is 15.7. The van der Waals surface area contributed by atoms with Crippen molar-refractivity contribution in [2.75, 3.05) is 47.1 Å². The van der Waals surface area contributed by atoms with Crippen LogP contribution in [-0.2, 0) is 9.47 Å². The zero-order chi connectivity index (χ0) is 18.0. The maximum Gasteiger partial charge on any atom is 0.191 e. The van der Waals surface area contributed by atoms with Gasteiger partial charge in [0.15, 0.2) is 5.96 Å². The van der Waals surface area contributed by atoms with Crippen molar-refractivity contribution in [3.63, 3.8) is 0 Å². The Morgan fingerprint density at radius 2 is 1.96 bits per heavy atom. The number of guanidine groups is 1. The topological polar surface area (TPSA) is 66.9 Å². The second-order valence-electron chi connectivity index (χ2n) is 6.51. The molecular formula is C19H32N4O2. The standard InChI is InChI=1S/C19H32N4O2/c1-16(17-7-5-4-6-8-17)23-19(9-12-25-13-10-19)15-22-18(20-2)21-11-14-24-3/h4-8,16,23H,9-15H2,1-3H3,(H2,20,21,22). The van der Waals surface area contributed by atoms with Gasteiger partial charge in [-0.3, -0.25) is 4.99 Å². The quantitative estimate of drug-likeness (QED) is 0.379. The van der Waals surface area contributed by atoms with Crippen LogP contribution >= 0.6 is 0 Å². The van der Waals surface area contributed by atoms with Gasteiger partial charge < -0.3 is 25.4 Å². The third-order valence-electron chi connectivity index (χ3n) is 4.69. The lowest BCUT2D eigenvalue weighted by Crippen LogP contribution is -2.58. The predicted octanol–water partition coefficient (Wildman–Crippen LogP) is 1.70. The van der Waals surface area contributed by atoms with Crippen LogP contribution in [0.5, 0.6) is 0 Å². The fourth-order valence-electron chi connectivity index (χ4n) is 3.16. The molecule has 1 aliphatic heterocycles. The molecule has 1 heterocycles. The molecule has 1 aromatic rings. The van der Waals surface area contributed by atoms with Crippen molar-refractivity contribution in [3.8, 4) is 0 Å². The number of ether oxygens (including phenoxy) is 2. The van der Waals surface area contributed by atoms with E-state index in [9.17, 15) is 0 Å². The molecule has 0 aliphatic carbocycles. The van der Waals surface area contributed by atoms with Crippen molar-refractivity contribution >= 4 is 5.96 Å². The number of methoxy groups -OCH3 is 1. The van der Waals surface area contributed by atoms with Gasteiger partial charge in [-0.15, -0.1) is 0 Å². The molecule has 3 N–H and O–H groups in total. The molecule has 1 fully saturated rings. The molecule has 1 saturated heterocycles. The minimum absolute atomic E-state index is 0.00756. The van der Waals surface area contributed by atoms with Crippen molar-refractivity contribution < 1.29 is 9.47 Å². The summed E-state index contributed by atoms with van der Waals surface area (Å²) in [6, 6.07) is 10.8. The van der Waals surface area contributed by atoms with E-state index in [4.69, 9.17) is 9.47 Å². The smallest absolute Gasteiger partial charge is 0.191 e. The predicted molar refractivity (Wildman–Crippen MR) is 102 cm³/mol. The molecule has 140 valence electrons. The van der Waals surface area contributed by atoms with Crippen molar-refractivity contribution in [3.05, 3.63) is 35.9 Å². The van der Waals surface area contributed by atoms with Crippen LogP contribution in [0.2, 0.25) is 0 Å². The van der Waals surface area contributed by atoms with Gasteiger partial charge in [-0.25, -0.2) is 0 Å². The first kappa shape index (κ1) is 19.7. The van der Waals surface area contributed by atoms with Crippen LogP contribution in [-0.4, -0.2) is 58.6 Å². The normalized spacial score (nSPS) is 18.6. The number of benzene rings is 1. The number of rotatable bonds is 8. The van der Waals surface area contributed by atoms with Gasteiger partial charge in [0, 0.05) is 52.0 Å². The van der Waals surface area contributed by atoms with Crippen LogP contribution in [0.1, 0.15) is 31.4 Å². The average molecular weight is 348 g/mol. The minimum Gasteiger partial charge on any atom is -0.383 e. The number of hydrogen-bond acceptors (Lipinski definition) is 4. The highest BCUT2D eigenvalue weighted by Crippen LogP contribution is 2.24. The van der Waals surface area contributed by atoms with E-state index >= 15 is 0 Å². The van der Waals surface area contributed by atoms with E-state index < -0.39 is 0 Å². The number of hydrogen-bond donors (Lipinski definition) is 3. The molecular weight excluding hydrogens is 316 g/mol. The molecule has 2 rings (SSSR count). The molecule has 0 saturated carbocycles. The molecule has 1 atom stereocenters. The Kier molecular flexibility index (Phi) is 8.18. The maximum atomic E-state index is 5.59. The third-order valence-corrected chi connectivity index (χ3v) is 4.69. The Bertz CT molecular complexity index is 515. The van der Waals surface area contributed by atoms with Crippen molar-refractivity contribution in [1.29, 1.82) is 0 Å². The molecule has 1 aromatic carbocycles. The highest BCUT2D eigenvalue weighted by molar-refractivity contribution is 5.79. The van der Waals surface area contributed by atoms with Crippen molar-refractivity contribution in [1.82, 2.24) is 16.0 Å². The van der Waals surface area contributed by atoms with Crippen LogP contribution < -0.4 is 16.0 Å². The highest BCUT2D eigenvalue weighted by atomic mass is 16.5. The van der Waals surface area contributed by atoms with Crippen LogP contribution in [0.25, 0.3) is 0 Å². The molecule has 0 radical (unpaired) electrons. The lowest BCUT2D eigenvalue weighted by atomic mass is 9.88. The van der Waals surface area contributed by atoms with Crippen LogP contribution in [0.3, 0.4) is 0 Å². The summed E-state index contributed by atoms with van der Waals surface area (Å²) in [4.78, 5) is 4.29. The van der Waals surface area contributed by atoms with E-state index in [1.54, 1.807) is 14.2 Å². The molecule has 6 heteroatoms. The first-order valence-electron chi connectivity index (χ1n) is 9.03. The van der Waals surface area contributed by atoms with E-state index in [2.05, 4.69) is 58.2 Å². The largest absolute Gasteiger partial charge is 0.383 e. The molecule has 6 nitrogen and oxygen atoms in total. The van der Waals surface area contributed by atoms with Gasteiger partial charge in [-0.05, 0) is 25.3 Å². The van der Waals surface area contributed by atoms with Gasteiger partial charge in [0.2, 0.25) is 0 Å². The highest BCUT2D eigenvalue weighted by Gasteiger charge is 2.34. The van der Waals surface area contributed by atoms with Gasteiger partial charge in [0.05, 0.1) is 6.61 Å². The molecule has 0 aromatic heterocycles. The van der Waals surface area contributed by atoms with Gasteiger partial charge >= 0.3 is 0 Å². The number of aliphatic imine (C=N–C) groups is 1. The summed E-state index contributed by atoms with van der Waals surface area (Å²) in [7, 11) is 3.49. The van der Waals surface area contributed by atoms with E-state index in [0.717, 1.165) is 45.1 Å². The van der Waals surface area contributed by atoms with Gasteiger partial charge in [0.25, 0.3) is 0 Å². The van der Waals surface area contributed by atoms with Crippen LogP contribution in [0.15, 0.2) is 35.3 Å². The second-order valence-corrected chi connectivity index (χ2v) is 6.51. The van der Waals surface area contributed by atoms with E-state index in [-0.39, 0.29) is 11.6 Å². The summed E-state index contributed by atoms with van der Waals surface area (Å²) in [5, 5.41) is 10.6. The fraction of sp³-hybridized carbons (Fsp3) is 0.632. The molecule has 25 heavy (non-hydrogen) atoms. The summed E-state index contributed by atoms with van der Waals surface area (Å²) in [6.45, 7) is 5.99. The lowest BCUT2D eigenvalue weighted by Gasteiger charge is -2.41. The Morgan fingerprint density at radius 1 is 1.24 bits per heavy atom. The molecule has 0 spiro atoms. The number of nitrogens with zero attached hydrogens (tertiary/aromatic N) is 1. The Hall–Kier alpha value is -1.63. The van der Waals surface area contributed by atoms with E-state index in [1.807, 2.05) is 0 Å². The summed E-state index contributed by atoms with van der Waals surface area (Å²) >= 11 is 0. The van der Waals surface area contributed by atoms with Crippen LogP contribution in [0.4, 0.5) is 0 Å². The van der Waals surface area contributed by atoms with Gasteiger partial charge in [-0.2, -0.15) is 0 Å². The zero-order valence-electron chi connectivity index (χ0n) is 15.7. The average Bonchev–Trinajstić information content (AvgIpc) is 2.66. The Labute approximate surface area is 151 Å². The SMILES string of the molecule is CN=C(NCCOC)NCC1(NC(C)c2ccccc2)CCOCC1. The first-order chi connectivity index (χ1) is 12.2. The third kappa shape index (κ3) is 6.30. The lowest BCUT2D eigenvalue weighted by molar-refractivity contribution is 0.0354. The van der Waals surface area contributed by atoms with Gasteiger partial charge in [0.1, 0.15) is 0 Å². The summed E-state index contributed by atoms with van der Waals surface area (Å²) in [5.41, 5.74) is 1.29. The Morgan fingerprint density at radius 3 is 2.60 bits per heavy atom. The van der Waals surface area contributed by atoms with E-state index in [0.29, 0.717) is 6.61 Å². The monoisotopic (exact) mass is 348 g/mol. The molecule has 0 amide bonds. The summed E-state index contributed by atoms with van der Waals surface area (Å²) < 4.78 is 10.7. The van der Waals surface area contributed by atoms with E-state index in [1.165, 1.54) is 5.56 Å². The molecule has 1 aliphatic rings. The second kappa shape index (κ2) is 10.4. The summed E-state index contributed by atoms with van der Waals surface area (Å²) in [6.07, 6.45) is 1.96. The van der Waals surface area contributed by atoms with Crippen LogP contribution in [0, 0.1) is 0 Å². The first-order valence-corrected chi connectivity index (χ1v) is 9.03. The van der Waals surface area contributed by atoms with Crippen molar-refractivity contribution in [2.24, 2.45) is 4.99 Å². The Balaban J connectivity index is 1.97. The van der Waals surface area contributed by atoms with Gasteiger partial charge in [-0.1, -0.05) is 30.3 Å². The number of nitrogens with one attached hydrogen (secondary N) is 3.